The number of rotatable bonds is 8. The predicted octanol–water partition coefficient (Wildman–Crippen LogP) is 5.85. The molecule has 36 heavy (non-hydrogen) atoms. The van der Waals surface area contributed by atoms with Gasteiger partial charge < -0.3 is 14.2 Å². The van der Waals surface area contributed by atoms with Gasteiger partial charge in [0.2, 0.25) is 0 Å². The highest BCUT2D eigenvalue weighted by Crippen LogP contribution is 2.68. The first-order chi connectivity index (χ1) is 16.8. The van der Waals surface area contributed by atoms with Crippen LogP contribution in [0.15, 0.2) is 0 Å². The van der Waals surface area contributed by atoms with Crippen LogP contribution in [0.5, 0.6) is 0 Å². The molecule has 6 aliphatic rings. The summed E-state index contributed by atoms with van der Waals surface area (Å²) in [6, 6.07) is 0. The first kappa shape index (κ1) is 26.2. The van der Waals surface area contributed by atoms with E-state index < -0.39 is 5.41 Å². The lowest BCUT2D eigenvalue weighted by atomic mass is 9.49. The van der Waals surface area contributed by atoms with Gasteiger partial charge in [0, 0.05) is 5.92 Å². The van der Waals surface area contributed by atoms with Crippen LogP contribution in [0.25, 0.3) is 0 Å². The van der Waals surface area contributed by atoms with Crippen LogP contribution < -0.4 is 0 Å². The van der Waals surface area contributed by atoms with Crippen LogP contribution in [0, 0.1) is 45.3 Å². The van der Waals surface area contributed by atoms with Crippen LogP contribution in [0.1, 0.15) is 105 Å². The Bertz CT molecular complexity index is 886. The maximum Gasteiger partial charge on any atom is 0.312 e. The van der Waals surface area contributed by atoms with E-state index in [4.69, 9.17) is 14.2 Å². The molecule has 6 heteroatoms. The third-order valence-electron chi connectivity index (χ3n) is 10.2. The van der Waals surface area contributed by atoms with Crippen molar-refractivity contribution < 1.29 is 28.6 Å². The van der Waals surface area contributed by atoms with Gasteiger partial charge in [-0.25, -0.2) is 0 Å². The van der Waals surface area contributed by atoms with Crippen molar-refractivity contribution in [3.05, 3.63) is 0 Å². The maximum atomic E-state index is 13.3. The molecule has 0 spiro atoms. The second-order valence-electron chi connectivity index (χ2n) is 14.9. The van der Waals surface area contributed by atoms with Gasteiger partial charge in [-0.15, -0.1) is 0 Å². The Labute approximate surface area is 216 Å². The highest BCUT2D eigenvalue weighted by atomic mass is 16.7. The number of Topliss-reactive ketones (excluding diaryl/α,β-unsaturated/α-hetero) is 1. The van der Waals surface area contributed by atoms with E-state index in [1.807, 2.05) is 0 Å². The lowest BCUT2D eigenvalue weighted by Crippen LogP contribution is -2.55. The van der Waals surface area contributed by atoms with Crippen LogP contribution in [0.3, 0.4) is 0 Å². The van der Waals surface area contributed by atoms with Gasteiger partial charge in [-0.1, -0.05) is 34.6 Å². The quantitative estimate of drug-likeness (QED) is 0.235. The summed E-state index contributed by atoms with van der Waals surface area (Å²) >= 11 is 0. The summed E-state index contributed by atoms with van der Waals surface area (Å²) in [6.45, 7) is 11.1. The van der Waals surface area contributed by atoms with E-state index in [2.05, 4.69) is 34.6 Å². The molecule has 0 aromatic carbocycles. The van der Waals surface area contributed by atoms with Crippen molar-refractivity contribution in [1.82, 2.24) is 0 Å². The second-order valence-corrected chi connectivity index (χ2v) is 14.9. The van der Waals surface area contributed by atoms with E-state index >= 15 is 0 Å². The molecular weight excluding hydrogens is 456 g/mol. The highest BCUT2D eigenvalue weighted by Gasteiger charge is 2.68. The Balaban J connectivity index is 1.08. The molecule has 0 N–H and O–H groups in total. The number of ketones is 1. The zero-order valence-corrected chi connectivity index (χ0v) is 23.0. The minimum absolute atomic E-state index is 0.0419. The molecule has 6 aliphatic carbocycles. The fraction of sp³-hybridized carbons (Fsp3) is 0.900. The molecule has 6 nitrogen and oxygen atoms in total. The van der Waals surface area contributed by atoms with Gasteiger partial charge in [0.1, 0.15) is 11.9 Å². The summed E-state index contributed by atoms with van der Waals surface area (Å²) < 4.78 is 17.4. The molecule has 202 valence electrons. The van der Waals surface area contributed by atoms with Crippen LogP contribution >= 0.6 is 0 Å². The Morgan fingerprint density at radius 1 is 1.00 bits per heavy atom. The number of carbonyl (C=O) groups excluding carboxylic acids is 3. The number of carbonyl (C=O) groups is 3. The Morgan fingerprint density at radius 3 is 2.28 bits per heavy atom. The lowest BCUT2D eigenvalue weighted by molar-refractivity contribution is -0.178. The van der Waals surface area contributed by atoms with Crippen molar-refractivity contribution in [3.8, 4) is 0 Å². The van der Waals surface area contributed by atoms with Gasteiger partial charge in [-0.2, -0.15) is 0 Å². The standard InChI is InChI=1S/C30H46O6/c1-27(2,3)15-30(16-28(30,4)5)26(33)36-23-8-6-7-21(12-23)25(32)35-18-34-17-29-13-19-9-20(14-29)11-22(10-19)24(29)31/h19-23H,6-18H2,1-5H3. The van der Waals surface area contributed by atoms with E-state index in [0.29, 0.717) is 30.6 Å². The van der Waals surface area contributed by atoms with Crippen LogP contribution in [-0.2, 0) is 28.6 Å². The molecule has 5 unspecified atom stereocenters. The molecule has 0 amide bonds. The van der Waals surface area contributed by atoms with Crippen LogP contribution in [0.2, 0.25) is 0 Å². The van der Waals surface area contributed by atoms with Gasteiger partial charge in [-0.05, 0) is 93.3 Å². The molecular formula is C30H46O6. The zero-order chi connectivity index (χ0) is 25.9. The molecule has 6 saturated carbocycles. The minimum atomic E-state index is -0.415. The smallest absolute Gasteiger partial charge is 0.312 e. The molecule has 4 bridgehead atoms. The predicted molar refractivity (Wildman–Crippen MR) is 135 cm³/mol. The van der Waals surface area contributed by atoms with Gasteiger partial charge in [0.25, 0.3) is 0 Å². The normalized spacial score (nSPS) is 40.7. The Morgan fingerprint density at radius 2 is 1.67 bits per heavy atom. The van der Waals surface area contributed by atoms with E-state index in [1.165, 1.54) is 6.42 Å². The SMILES string of the molecule is CC(C)(C)CC1(C(=O)OC2CCCC(C(=O)OCOCC34CC5CC(CC(C5)C3=O)C4)C2)CC1(C)C. The van der Waals surface area contributed by atoms with Crippen molar-refractivity contribution in [2.75, 3.05) is 13.4 Å². The Hall–Kier alpha value is -1.43. The zero-order valence-electron chi connectivity index (χ0n) is 23.0. The molecule has 6 fully saturated rings. The third kappa shape index (κ3) is 4.88. The fourth-order valence-corrected chi connectivity index (χ4v) is 8.65. The largest absolute Gasteiger partial charge is 0.462 e. The molecule has 0 aromatic rings. The number of hydrogen-bond acceptors (Lipinski definition) is 6. The van der Waals surface area contributed by atoms with Crippen LogP contribution in [-0.4, -0.2) is 37.2 Å². The lowest BCUT2D eigenvalue weighted by Gasteiger charge is -2.55. The van der Waals surface area contributed by atoms with Crippen LogP contribution in [0.4, 0.5) is 0 Å². The van der Waals surface area contributed by atoms with Crippen molar-refractivity contribution in [1.29, 1.82) is 0 Å². The summed E-state index contributed by atoms with van der Waals surface area (Å²) in [7, 11) is 0. The molecule has 6 rings (SSSR count). The first-order valence-corrected chi connectivity index (χ1v) is 14.3. The highest BCUT2D eigenvalue weighted by molar-refractivity contribution is 5.89. The van der Waals surface area contributed by atoms with Gasteiger partial charge in [-0.3, -0.25) is 14.4 Å². The van der Waals surface area contributed by atoms with E-state index in [0.717, 1.165) is 57.8 Å². The maximum absolute atomic E-state index is 13.3. The summed E-state index contributed by atoms with van der Waals surface area (Å²) in [6.07, 6.45) is 9.62. The van der Waals surface area contributed by atoms with Crippen molar-refractivity contribution >= 4 is 17.7 Å². The minimum Gasteiger partial charge on any atom is -0.462 e. The number of ether oxygens (including phenoxy) is 3. The molecule has 0 radical (unpaired) electrons. The monoisotopic (exact) mass is 502 g/mol. The van der Waals surface area contributed by atoms with Gasteiger partial charge in [0.15, 0.2) is 6.79 Å². The summed E-state index contributed by atoms with van der Waals surface area (Å²) in [5, 5.41) is 0. The van der Waals surface area contributed by atoms with Crippen molar-refractivity contribution in [2.24, 2.45) is 45.3 Å². The molecule has 0 heterocycles. The summed E-state index contributed by atoms with van der Waals surface area (Å²) in [5.74, 6) is 1.31. The van der Waals surface area contributed by atoms with E-state index in [9.17, 15) is 14.4 Å². The fourth-order valence-electron chi connectivity index (χ4n) is 8.65. The van der Waals surface area contributed by atoms with E-state index in [-0.39, 0.29) is 52.9 Å². The number of esters is 2. The molecule has 0 aliphatic heterocycles. The first-order valence-electron chi connectivity index (χ1n) is 14.3. The van der Waals surface area contributed by atoms with Crippen molar-refractivity contribution in [2.45, 2.75) is 111 Å². The summed E-state index contributed by atoms with van der Waals surface area (Å²) in [5.41, 5.74) is -0.752. The molecule has 0 aromatic heterocycles. The van der Waals surface area contributed by atoms with Gasteiger partial charge >= 0.3 is 11.9 Å². The Kier molecular flexibility index (Phi) is 6.62. The second kappa shape index (κ2) is 9.10. The molecule has 0 saturated heterocycles. The topological polar surface area (TPSA) is 78.9 Å². The van der Waals surface area contributed by atoms with Gasteiger partial charge in [0.05, 0.1) is 23.4 Å². The average molecular weight is 503 g/mol. The van der Waals surface area contributed by atoms with Crippen molar-refractivity contribution in [3.63, 3.8) is 0 Å². The number of hydrogen-bond donors (Lipinski definition) is 0. The average Bonchev–Trinajstić information content (AvgIpc) is 3.34. The summed E-state index contributed by atoms with van der Waals surface area (Å²) in [4.78, 5) is 39.0. The van der Waals surface area contributed by atoms with E-state index in [1.54, 1.807) is 0 Å². The molecule has 5 atom stereocenters. The third-order valence-corrected chi connectivity index (χ3v) is 10.2.